The van der Waals surface area contributed by atoms with Crippen LogP contribution in [0, 0.1) is 5.53 Å². The molecule has 2 aliphatic rings. The molecule has 0 aliphatic carbocycles. The SMILES string of the molecule is N=N/N=C(\N)c1c(N2CCC[C@@H](N)C2)ccc([S+]([O-])CN[C@@H]2CCNC2)c1S(N)(=O)=O. The fourth-order valence-corrected chi connectivity index (χ4v) is 6.50. The zero-order chi connectivity index (χ0) is 22.6. The van der Waals surface area contributed by atoms with Crippen molar-refractivity contribution in [1.29, 1.82) is 5.53 Å². The number of nitrogens with one attached hydrogen (secondary N) is 3. The van der Waals surface area contributed by atoms with Crippen molar-refractivity contribution >= 4 is 32.7 Å². The highest BCUT2D eigenvalue weighted by molar-refractivity contribution is 7.93. The average molecular weight is 472 g/mol. The monoisotopic (exact) mass is 471 g/mol. The number of benzene rings is 1. The molecule has 1 aromatic rings. The summed E-state index contributed by atoms with van der Waals surface area (Å²) in [4.78, 5) is 1.57. The van der Waals surface area contributed by atoms with Crippen LogP contribution in [0.3, 0.4) is 0 Å². The largest absolute Gasteiger partial charge is 0.610 e. The molecular formula is C17H29N9O3S2. The van der Waals surface area contributed by atoms with Gasteiger partial charge in [-0.3, -0.25) is 5.32 Å². The summed E-state index contributed by atoms with van der Waals surface area (Å²) in [5.74, 6) is -0.234. The van der Waals surface area contributed by atoms with Crippen LogP contribution >= 0.6 is 0 Å². The Morgan fingerprint density at radius 1 is 1.42 bits per heavy atom. The third-order valence-corrected chi connectivity index (χ3v) is 7.79. The second kappa shape index (κ2) is 10.2. The van der Waals surface area contributed by atoms with Crippen molar-refractivity contribution in [2.75, 3.05) is 37.0 Å². The van der Waals surface area contributed by atoms with Crippen molar-refractivity contribution in [3.05, 3.63) is 17.7 Å². The Labute approximate surface area is 184 Å². The lowest BCUT2D eigenvalue weighted by molar-refractivity contribution is 0.505. The van der Waals surface area contributed by atoms with Crippen LogP contribution in [-0.4, -0.2) is 62.9 Å². The summed E-state index contributed by atoms with van der Waals surface area (Å²) in [6, 6.07) is 3.22. The second-order valence-electron chi connectivity index (χ2n) is 7.65. The van der Waals surface area contributed by atoms with Crippen LogP contribution in [-0.2, 0) is 21.2 Å². The Bertz CT molecular complexity index is 935. The minimum atomic E-state index is -4.34. The van der Waals surface area contributed by atoms with Gasteiger partial charge in [-0.15, -0.1) is 5.10 Å². The maximum atomic E-state index is 13.1. The number of nitrogens with two attached hydrogens (primary N) is 3. The van der Waals surface area contributed by atoms with Gasteiger partial charge in [0.25, 0.3) is 0 Å². The molecule has 0 radical (unpaired) electrons. The third-order valence-electron chi connectivity index (χ3n) is 5.41. The topological polar surface area (TPSA) is 211 Å². The van der Waals surface area contributed by atoms with Crippen molar-refractivity contribution in [3.8, 4) is 0 Å². The summed E-state index contributed by atoms with van der Waals surface area (Å²) < 4.78 is 38.3. The van der Waals surface area contributed by atoms with E-state index in [-0.39, 0.29) is 39.2 Å². The van der Waals surface area contributed by atoms with Crippen LogP contribution in [0.4, 0.5) is 5.69 Å². The predicted octanol–water partition coefficient (Wildman–Crippen LogP) is -1.07. The molecule has 0 aromatic heterocycles. The molecule has 2 aliphatic heterocycles. The maximum absolute atomic E-state index is 13.1. The first-order valence-electron chi connectivity index (χ1n) is 9.95. The van der Waals surface area contributed by atoms with Crippen LogP contribution < -0.4 is 32.1 Å². The van der Waals surface area contributed by atoms with Gasteiger partial charge in [0.2, 0.25) is 10.0 Å². The lowest BCUT2D eigenvalue weighted by atomic mass is 10.0. The number of piperidine rings is 1. The molecule has 12 nitrogen and oxygen atoms in total. The average Bonchev–Trinajstić information content (AvgIpc) is 3.24. The maximum Gasteiger partial charge on any atom is 0.243 e. The zero-order valence-corrected chi connectivity index (χ0v) is 18.7. The molecular weight excluding hydrogens is 442 g/mol. The van der Waals surface area contributed by atoms with Gasteiger partial charge >= 0.3 is 0 Å². The van der Waals surface area contributed by atoms with E-state index in [1.807, 2.05) is 4.90 Å². The summed E-state index contributed by atoms with van der Waals surface area (Å²) in [6.07, 6.45) is 2.56. The molecule has 0 bridgehead atoms. The number of hydrogen-bond donors (Lipinski definition) is 6. The van der Waals surface area contributed by atoms with E-state index < -0.39 is 21.2 Å². The highest BCUT2D eigenvalue weighted by Crippen LogP contribution is 2.34. The lowest BCUT2D eigenvalue weighted by Crippen LogP contribution is -2.44. The number of nitrogens with zero attached hydrogens (tertiary/aromatic N) is 3. The van der Waals surface area contributed by atoms with E-state index in [2.05, 4.69) is 21.0 Å². The quantitative estimate of drug-likeness (QED) is 0.0900. The Hall–Kier alpha value is -1.81. The van der Waals surface area contributed by atoms with Crippen molar-refractivity contribution in [3.63, 3.8) is 0 Å². The van der Waals surface area contributed by atoms with Crippen molar-refractivity contribution in [1.82, 2.24) is 10.6 Å². The first kappa shape index (κ1) is 23.8. The molecule has 172 valence electrons. The summed E-state index contributed by atoms with van der Waals surface area (Å²) in [5, 5.41) is 18.4. The summed E-state index contributed by atoms with van der Waals surface area (Å²) in [5.41, 5.74) is 19.6. The number of amidine groups is 1. The zero-order valence-electron chi connectivity index (χ0n) is 17.1. The van der Waals surface area contributed by atoms with Gasteiger partial charge in [0, 0.05) is 48.6 Å². The van der Waals surface area contributed by atoms with Crippen molar-refractivity contribution in [2.24, 2.45) is 26.9 Å². The Balaban J connectivity index is 2.08. The van der Waals surface area contributed by atoms with Gasteiger partial charge in [0.05, 0.1) is 5.56 Å². The van der Waals surface area contributed by atoms with Gasteiger partial charge in [0.1, 0.15) is 4.90 Å². The van der Waals surface area contributed by atoms with E-state index in [1.54, 1.807) is 6.07 Å². The van der Waals surface area contributed by atoms with Crippen LogP contribution in [0.25, 0.3) is 0 Å². The molecule has 0 spiro atoms. The second-order valence-corrected chi connectivity index (χ2v) is 10.6. The molecule has 3 rings (SSSR count). The van der Waals surface area contributed by atoms with Crippen LogP contribution in [0.5, 0.6) is 0 Å². The predicted molar refractivity (Wildman–Crippen MR) is 119 cm³/mol. The van der Waals surface area contributed by atoms with E-state index >= 15 is 0 Å². The number of anilines is 1. The lowest BCUT2D eigenvalue weighted by Gasteiger charge is -2.34. The standard InChI is InChI=1S/C17H29N9O3S2/c18-11-2-1-7-26(9-11)13-3-4-14(30(27)10-23-12-5-6-22-8-12)16(31(21,28)29)15(13)17(19)24-25-20/h3-4,11-12,22-23H,1-2,5-10,18H2,(H3,19,20,24)(H2,21,28,29)/t11-,12-,30?/m1/s1. The van der Waals surface area contributed by atoms with Crippen LogP contribution in [0.15, 0.2) is 32.2 Å². The summed E-state index contributed by atoms with van der Waals surface area (Å²) in [6.45, 7) is 2.74. The number of primary sulfonamides is 1. The summed E-state index contributed by atoms with van der Waals surface area (Å²) in [7, 11) is -4.34. The molecule has 1 aromatic carbocycles. The molecule has 14 heteroatoms. The molecule has 2 saturated heterocycles. The number of rotatable bonds is 8. The van der Waals surface area contributed by atoms with Crippen molar-refractivity contribution < 1.29 is 13.0 Å². The van der Waals surface area contributed by atoms with Gasteiger partial charge < -0.3 is 26.2 Å². The summed E-state index contributed by atoms with van der Waals surface area (Å²) >= 11 is -1.72. The molecule has 0 amide bonds. The highest BCUT2D eigenvalue weighted by atomic mass is 32.2. The van der Waals surface area contributed by atoms with Crippen molar-refractivity contribution in [2.45, 2.75) is 41.1 Å². The van der Waals surface area contributed by atoms with Crippen LogP contribution in [0.1, 0.15) is 24.8 Å². The van der Waals surface area contributed by atoms with E-state index in [0.29, 0.717) is 18.8 Å². The van der Waals surface area contributed by atoms with Gasteiger partial charge in [-0.1, -0.05) is 5.22 Å². The fourth-order valence-electron chi connectivity index (χ4n) is 3.96. The molecule has 9 N–H and O–H groups in total. The molecule has 31 heavy (non-hydrogen) atoms. The highest BCUT2D eigenvalue weighted by Gasteiger charge is 2.33. The van der Waals surface area contributed by atoms with Gasteiger partial charge in [0.15, 0.2) is 16.6 Å². The molecule has 2 fully saturated rings. The van der Waals surface area contributed by atoms with Crippen LogP contribution in [0.2, 0.25) is 0 Å². The molecule has 3 atom stereocenters. The Morgan fingerprint density at radius 2 is 2.19 bits per heavy atom. The van der Waals surface area contributed by atoms with E-state index in [9.17, 15) is 13.0 Å². The normalized spacial score (nSPS) is 23.7. The molecule has 2 heterocycles. The number of hydrogen-bond acceptors (Lipinski definition) is 9. The molecule has 0 saturated carbocycles. The fraction of sp³-hybridized carbons (Fsp3) is 0.588. The minimum absolute atomic E-state index is 0.000910. The van der Waals surface area contributed by atoms with Gasteiger partial charge in [-0.05, 0) is 37.9 Å². The van der Waals surface area contributed by atoms with Gasteiger partial charge in [-0.25, -0.2) is 13.6 Å². The minimum Gasteiger partial charge on any atom is -0.610 e. The first-order chi connectivity index (χ1) is 14.7. The number of sulfonamides is 1. The molecule has 1 unspecified atom stereocenters. The first-order valence-corrected chi connectivity index (χ1v) is 12.8. The Morgan fingerprint density at radius 3 is 2.81 bits per heavy atom. The van der Waals surface area contributed by atoms with E-state index in [0.717, 1.165) is 32.4 Å². The van der Waals surface area contributed by atoms with E-state index in [4.69, 9.17) is 22.1 Å². The van der Waals surface area contributed by atoms with Gasteiger partial charge in [-0.2, -0.15) is 5.53 Å². The smallest absolute Gasteiger partial charge is 0.243 e. The third kappa shape index (κ3) is 5.71. The van der Waals surface area contributed by atoms with E-state index in [1.165, 1.54) is 6.07 Å². The Kier molecular flexibility index (Phi) is 7.85.